The predicted octanol–water partition coefficient (Wildman–Crippen LogP) is 3.13. The van der Waals surface area contributed by atoms with E-state index in [1.54, 1.807) is 12.1 Å². The molecular formula is C22H27Cl2N3O6S2. The van der Waals surface area contributed by atoms with Gasteiger partial charge < -0.3 is 10.1 Å². The maximum atomic E-state index is 12.7. The maximum Gasteiger partial charge on any atom is 0.243 e. The van der Waals surface area contributed by atoms with Gasteiger partial charge in [0.15, 0.2) is 0 Å². The second kappa shape index (κ2) is 11.8. The zero-order chi connectivity index (χ0) is 25.6. The average Bonchev–Trinajstić information content (AvgIpc) is 2.82. The van der Waals surface area contributed by atoms with E-state index in [1.807, 2.05) is 0 Å². The molecule has 0 spiro atoms. The number of nitrogens with zero attached hydrogens (tertiary/aromatic N) is 2. The first-order chi connectivity index (χ1) is 16.5. The van der Waals surface area contributed by atoms with Crippen molar-refractivity contribution in [2.75, 3.05) is 43.3 Å². The van der Waals surface area contributed by atoms with Crippen LogP contribution in [0.5, 0.6) is 5.75 Å². The number of nitrogens with one attached hydrogen (secondary N) is 1. The number of amides is 1. The van der Waals surface area contributed by atoms with Crippen LogP contribution < -0.4 is 14.4 Å². The third kappa shape index (κ3) is 7.47. The minimum atomic E-state index is -3.75. The molecule has 1 saturated heterocycles. The third-order valence-electron chi connectivity index (χ3n) is 5.35. The number of hydrogen-bond donors (Lipinski definition) is 1. The molecule has 0 radical (unpaired) electrons. The van der Waals surface area contributed by atoms with Crippen LogP contribution in [-0.4, -0.2) is 66.1 Å². The molecule has 0 aliphatic carbocycles. The van der Waals surface area contributed by atoms with E-state index < -0.39 is 32.5 Å². The smallest absolute Gasteiger partial charge is 0.243 e. The topological polar surface area (TPSA) is 113 Å². The molecule has 0 bridgehead atoms. The molecule has 0 aromatic heterocycles. The average molecular weight is 565 g/mol. The number of benzene rings is 2. The van der Waals surface area contributed by atoms with Crippen molar-refractivity contribution in [2.45, 2.75) is 24.2 Å². The van der Waals surface area contributed by atoms with E-state index in [-0.39, 0.29) is 33.8 Å². The molecule has 35 heavy (non-hydrogen) atoms. The van der Waals surface area contributed by atoms with Crippen molar-refractivity contribution in [1.82, 2.24) is 9.62 Å². The van der Waals surface area contributed by atoms with Crippen LogP contribution in [0.1, 0.15) is 19.3 Å². The Kier molecular flexibility index (Phi) is 9.28. The van der Waals surface area contributed by atoms with Crippen LogP contribution in [0.15, 0.2) is 47.4 Å². The van der Waals surface area contributed by atoms with Gasteiger partial charge in [0.1, 0.15) is 18.9 Å². The lowest BCUT2D eigenvalue weighted by atomic mass is 10.2. The van der Waals surface area contributed by atoms with Gasteiger partial charge in [0.25, 0.3) is 0 Å². The monoisotopic (exact) mass is 563 g/mol. The molecule has 2 aromatic carbocycles. The van der Waals surface area contributed by atoms with Crippen LogP contribution in [-0.2, 0) is 24.8 Å². The fourth-order valence-corrected chi connectivity index (χ4v) is 6.21. The van der Waals surface area contributed by atoms with Gasteiger partial charge in [-0.1, -0.05) is 29.6 Å². The first-order valence-electron chi connectivity index (χ1n) is 10.9. The van der Waals surface area contributed by atoms with E-state index in [1.165, 1.54) is 34.6 Å². The lowest BCUT2D eigenvalue weighted by Crippen LogP contribution is -2.41. The number of piperidine rings is 1. The van der Waals surface area contributed by atoms with Crippen LogP contribution in [0.2, 0.25) is 10.0 Å². The Bertz CT molecular complexity index is 1250. The standard InChI is InChI=1S/C22H27Cl2N3O6S2/c1-34(29,30)27(17-5-10-20(23)21(24)15-17)16-22(28)25-11-14-33-18-6-8-19(9-7-18)35(31,32)26-12-3-2-4-13-26/h5-10,15H,2-4,11-14,16H2,1H3,(H,25,28). The summed E-state index contributed by atoms with van der Waals surface area (Å²) in [6, 6.07) is 10.4. The molecule has 1 N–H and O–H groups in total. The number of hydrogen-bond acceptors (Lipinski definition) is 6. The summed E-state index contributed by atoms with van der Waals surface area (Å²) in [5.74, 6) is -0.0847. The highest BCUT2D eigenvalue weighted by molar-refractivity contribution is 7.92. The SMILES string of the molecule is CS(=O)(=O)N(CC(=O)NCCOc1ccc(S(=O)(=O)N2CCCCC2)cc1)c1ccc(Cl)c(Cl)c1. The zero-order valence-electron chi connectivity index (χ0n) is 19.1. The minimum absolute atomic E-state index is 0.107. The fourth-order valence-electron chi connectivity index (χ4n) is 3.55. The molecule has 3 rings (SSSR count). The zero-order valence-corrected chi connectivity index (χ0v) is 22.3. The van der Waals surface area contributed by atoms with E-state index in [2.05, 4.69) is 5.32 Å². The minimum Gasteiger partial charge on any atom is -0.492 e. The van der Waals surface area contributed by atoms with Crippen LogP contribution >= 0.6 is 23.2 Å². The van der Waals surface area contributed by atoms with E-state index in [4.69, 9.17) is 27.9 Å². The second-order valence-corrected chi connectivity index (χ2v) is 12.7. The highest BCUT2D eigenvalue weighted by Gasteiger charge is 2.26. The highest BCUT2D eigenvalue weighted by atomic mass is 35.5. The number of carbonyl (C=O) groups excluding carboxylic acids is 1. The normalized spacial score (nSPS) is 14.9. The molecule has 192 valence electrons. The molecule has 13 heteroatoms. The van der Waals surface area contributed by atoms with E-state index in [9.17, 15) is 21.6 Å². The summed E-state index contributed by atoms with van der Waals surface area (Å²) in [4.78, 5) is 12.6. The van der Waals surface area contributed by atoms with Crippen molar-refractivity contribution in [3.63, 3.8) is 0 Å². The summed E-state index contributed by atoms with van der Waals surface area (Å²) in [7, 11) is -7.27. The van der Waals surface area contributed by atoms with Crippen molar-refractivity contribution in [3.8, 4) is 5.75 Å². The van der Waals surface area contributed by atoms with Gasteiger partial charge in [-0.25, -0.2) is 16.8 Å². The summed E-state index contributed by atoms with van der Waals surface area (Å²) in [6.07, 6.45) is 3.75. The molecule has 2 aromatic rings. The molecule has 1 aliphatic rings. The Labute approximate surface area is 216 Å². The predicted molar refractivity (Wildman–Crippen MR) is 136 cm³/mol. The van der Waals surface area contributed by atoms with Crippen molar-refractivity contribution in [2.24, 2.45) is 0 Å². The van der Waals surface area contributed by atoms with Crippen LogP contribution in [0.25, 0.3) is 0 Å². The largest absolute Gasteiger partial charge is 0.492 e. The molecular weight excluding hydrogens is 537 g/mol. The molecule has 0 atom stereocenters. The summed E-state index contributed by atoms with van der Waals surface area (Å²) in [5.41, 5.74) is 0.216. The number of ether oxygens (including phenoxy) is 1. The fraction of sp³-hybridized carbons (Fsp3) is 0.409. The highest BCUT2D eigenvalue weighted by Crippen LogP contribution is 2.28. The molecule has 9 nitrogen and oxygen atoms in total. The number of halogens is 2. The van der Waals surface area contributed by atoms with Gasteiger partial charge in [-0.05, 0) is 55.3 Å². The Morgan fingerprint density at radius 3 is 2.26 bits per heavy atom. The van der Waals surface area contributed by atoms with Gasteiger partial charge in [0.05, 0.1) is 33.4 Å². The van der Waals surface area contributed by atoms with Crippen LogP contribution in [0, 0.1) is 0 Å². The summed E-state index contributed by atoms with van der Waals surface area (Å²) in [5, 5.41) is 3.03. The van der Waals surface area contributed by atoms with E-state index in [0.29, 0.717) is 18.8 Å². The van der Waals surface area contributed by atoms with Gasteiger partial charge in [0, 0.05) is 13.1 Å². The summed E-state index contributed by atoms with van der Waals surface area (Å²) < 4.78 is 57.8. The van der Waals surface area contributed by atoms with E-state index >= 15 is 0 Å². The van der Waals surface area contributed by atoms with Gasteiger partial charge in [-0.3, -0.25) is 9.10 Å². The van der Waals surface area contributed by atoms with Gasteiger partial charge in [-0.2, -0.15) is 4.31 Å². The Balaban J connectivity index is 1.50. The van der Waals surface area contributed by atoms with Crippen molar-refractivity contribution < 1.29 is 26.4 Å². The Morgan fingerprint density at radius 1 is 1.00 bits per heavy atom. The maximum absolute atomic E-state index is 12.7. The summed E-state index contributed by atoms with van der Waals surface area (Å²) >= 11 is 11.9. The van der Waals surface area contributed by atoms with Gasteiger partial charge in [-0.15, -0.1) is 0 Å². The van der Waals surface area contributed by atoms with Crippen molar-refractivity contribution >= 4 is 54.8 Å². The lowest BCUT2D eigenvalue weighted by Gasteiger charge is -2.25. The molecule has 1 heterocycles. The molecule has 0 saturated carbocycles. The number of rotatable bonds is 10. The van der Waals surface area contributed by atoms with Gasteiger partial charge in [0.2, 0.25) is 26.0 Å². The number of sulfonamides is 2. The van der Waals surface area contributed by atoms with Gasteiger partial charge >= 0.3 is 0 Å². The van der Waals surface area contributed by atoms with Crippen LogP contribution in [0.3, 0.4) is 0 Å². The number of carbonyl (C=O) groups is 1. The lowest BCUT2D eigenvalue weighted by molar-refractivity contribution is -0.119. The Morgan fingerprint density at radius 2 is 1.66 bits per heavy atom. The first kappa shape index (κ1) is 27.5. The van der Waals surface area contributed by atoms with Crippen molar-refractivity contribution in [1.29, 1.82) is 0 Å². The Hall–Kier alpha value is -2.05. The molecule has 1 aliphatic heterocycles. The number of anilines is 1. The molecule has 1 fully saturated rings. The van der Waals surface area contributed by atoms with E-state index in [0.717, 1.165) is 29.8 Å². The second-order valence-electron chi connectivity index (χ2n) is 8.00. The summed E-state index contributed by atoms with van der Waals surface area (Å²) in [6.45, 7) is 0.839. The van der Waals surface area contributed by atoms with Crippen molar-refractivity contribution in [3.05, 3.63) is 52.5 Å². The molecule has 1 amide bonds. The van der Waals surface area contributed by atoms with Crippen LogP contribution in [0.4, 0.5) is 5.69 Å². The third-order valence-corrected chi connectivity index (χ3v) is 9.14. The first-order valence-corrected chi connectivity index (χ1v) is 15.0. The molecule has 0 unspecified atom stereocenters. The quantitative estimate of drug-likeness (QED) is 0.444.